The van der Waals surface area contributed by atoms with Crippen molar-refractivity contribution in [3.05, 3.63) is 22.6 Å². The van der Waals surface area contributed by atoms with Crippen LogP contribution < -0.4 is 0 Å². The van der Waals surface area contributed by atoms with Crippen LogP contribution in [-0.2, 0) is 0 Å². The van der Waals surface area contributed by atoms with E-state index >= 15 is 0 Å². The lowest BCUT2D eigenvalue weighted by atomic mass is 10.2. The van der Waals surface area contributed by atoms with Gasteiger partial charge in [0.05, 0.1) is 6.10 Å². The smallest absolute Gasteiger partial charge is 0.289 e. The third-order valence-electron chi connectivity index (χ3n) is 4.05. The van der Waals surface area contributed by atoms with Crippen molar-refractivity contribution in [3.63, 3.8) is 0 Å². The van der Waals surface area contributed by atoms with Crippen molar-refractivity contribution in [2.45, 2.75) is 18.9 Å². The molecule has 20 heavy (non-hydrogen) atoms. The van der Waals surface area contributed by atoms with Crippen LogP contribution in [0.5, 0.6) is 0 Å². The summed E-state index contributed by atoms with van der Waals surface area (Å²) in [5.74, 6) is 0.830. The fourth-order valence-corrected chi connectivity index (χ4v) is 2.92. The van der Waals surface area contributed by atoms with Crippen molar-refractivity contribution < 1.29 is 14.3 Å². The zero-order valence-electron chi connectivity index (χ0n) is 11.3. The monoisotopic (exact) mass is 342 g/mol. The quantitative estimate of drug-likeness (QED) is 0.902. The van der Waals surface area contributed by atoms with Gasteiger partial charge in [-0.25, -0.2) is 0 Å². The molecule has 1 atom stereocenters. The first kappa shape index (κ1) is 14.1. The van der Waals surface area contributed by atoms with Crippen molar-refractivity contribution in [2.75, 3.05) is 32.7 Å². The van der Waals surface area contributed by atoms with Gasteiger partial charge in [0.2, 0.25) is 0 Å². The van der Waals surface area contributed by atoms with Crippen molar-refractivity contribution >= 4 is 21.8 Å². The first-order valence-electron chi connectivity index (χ1n) is 7.08. The summed E-state index contributed by atoms with van der Waals surface area (Å²) in [4.78, 5) is 16.3. The lowest BCUT2D eigenvalue weighted by molar-refractivity contribution is 0.0467. The number of nitrogens with zero attached hydrogens (tertiary/aromatic N) is 2. The number of β-amino-alcohol motifs (C(OH)–C–C–N with tert-alkyl or cyclic N) is 1. The fraction of sp³-hybridized carbons (Fsp3) is 0.643. The predicted octanol–water partition coefficient (Wildman–Crippen LogP) is 1.57. The third-order valence-corrected chi connectivity index (χ3v) is 4.48. The summed E-state index contributed by atoms with van der Waals surface area (Å²) in [5, 5.41) is 9.95. The number of carbonyl (C=O) groups excluding carboxylic acids is 1. The number of hydrogen-bond donors (Lipinski definition) is 1. The molecular formula is C14H19BrN2O3. The topological polar surface area (TPSA) is 56.9 Å². The maximum atomic E-state index is 12.2. The molecule has 0 aromatic carbocycles. The second-order valence-electron chi connectivity index (χ2n) is 5.60. The average Bonchev–Trinajstić information content (AvgIpc) is 3.21. The lowest BCUT2D eigenvalue weighted by Crippen LogP contribution is -2.50. The molecule has 1 amide bonds. The van der Waals surface area contributed by atoms with E-state index in [0.717, 1.165) is 32.5 Å². The zero-order valence-corrected chi connectivity index (χ0v) is 12.9. The van der Waals surface area contributed by atoms with Crippen LogP contribution in [0.15, 0.2) is 21.2 Å². The fourth-order valence-electron chi connectivity index (χ4n) is 2.61. The normalized spacial score (nSPS) is 22.0. The van der Waals surface area contributed by atoms with E-state index in [1.54, 1.807) is 12.1 Å². The van der Waals surface area contributed by atoms with Gasteiger partial charge in [-0.1, -0.05) is 0 Å². The summed E-state index contributed by atoms with van der Waals surface area (Å²) in [7, 11) is 0. The Labute approximate surface area is 126 Å². The zero-order chi connectivity index (χ0) is 14.1. The minimum absolute atomic E-state index is 0.0573. The number of aliphatic hydroxyl groups is 1. The molecule has 1 aliphatic carbocycles. The molecule has 1 aromatic heterocycles. The Morgan fingerprint density at radius 2 is 2.05 bits per heavy atom. The number of piperazine rings is 1. The maximum absolute atomic E-state index is 12.2. The van der Waals surface area contributed by atoms with Gasteiger partial charge in [0, 0.05) is 32.7 Å². The van der Waals surface area contributed by atoms with Crippen LogP contribution in [0.3, 0.4) is 0 Å². The molecule has 110 valence electrons. The number of carbonyl (C=O) groups is 1. The van der Waals surface area contributed by atoms with Crippen molar-refractivity contribution in [3.8, 4) is 0 Å². The molecule has 3 rings (SSSR count). The Balaban J connectivity index is 1.49. The Hall–Kier alpha value is -0.850. The van der Waals surface area contributed by atoms with Crippen LogP contribution in [0.4, 0.5) is 0 Å². The van der Waals surface area contributed by atoms with E-state index in [1.807, 2.05) is 4.90 Å². The predicted molar refractivity (Wildman–Crippen MR) is 77.5 cm³/mol. The van der Waals surface area contributed by atoms with Crippen LogP contribution in [0.2, 0.25) is 0 Å². The molecule has 0 radical (unpaired) electrons. The van der Waals surface area contributed by atoms with Crippen molar-refractivity contribution in [1.82, 2.24) is 9.80 Å². The van der Waals surface area contributed by atoms with Gasteiger partial charge >= 0.3 is 0 Å². The second-order valence-corrected chi connectivity index (χ2v) is 6.38. The average molecular weight is 343 g/mol. The molecule has 1 saturated heterocycles. The van der Waals surface area contributed by atoms with Crippen LogP contribution in [-0.4, -0.2) is 59.6 Å². The lowest BCUT2D eigenvalue weighted by Gasteiger charge is -2.35. The Kier molecular flexibility index (Phi) is 4.14. The van der Waals surface area contributed by atoms with E-state index in [4.69, 9.17) is 4.42 Å². The molecule has 2 heterocycles. The Morgan fingerprint density at radius 1 is 1.35 bits per heavy atom. The minimum Gasteiger partial charge on any atom is -0.444 e. The van der Waals surface area contributed by atoms with Crippen LogP contribution in [0.25, 0.3) is 0 Å². The molecular weight excluding hydrogens is 324 g/mol. The van der Waals surface area contributed by atoms with Gasteiger partial charge in [-0.05, 0) is 46.8 Å². The Bertz CT molecular complexity index is 479. The minimum atomic E-state index is -0.196. The summed E-state index contributed by atoms with van der Waals surface area (Å²) >= 11 is 3.21. The molecule has 5 nitrogen and oxygen atoms in total. The molecule has 1 aliphatic heterocycles. The van der Waals surface area contributed by atoms with Gasteiger partial charge in [0.25, 0.3) is 5.91 Å². The summed E-state index contributed by atoms with van der Waals surface area (Å²) < 4.78 is 5.88. The van der Waals surface area contributed by atoms with E-state index in [2.05, 4.69) is 20.8 Å². The SMILES string of the molecule is O=C(c1ccc(Br)o1)N1CCN(C[C@@H](O)C2CC2)CC1. The molecule has 2 fully saturated rings. The number of aliphatic hydroxyl groups excluding tert-OH is 1. The van der Waals surface area contributed by atoms with E-state index in [1.165, 1.54) is 0 Å². The van der Waals surface area contributed by atoms with Gasteiger partial charge in [-0.3, -0.25) is 9.69 Å². The van der Waals surface area contributed by atoms with Crippen LogP contribution in [0, 0.1) is 5.92 Å². The van der Waals surface area contributed by atoms with E-state index in [0.29, 0.717) is 29.4 Å². The second kappa shape index (κ2) is 5.87. The number of amides is 1. The van der Waals surface area contributed by atoms with Crippen molar-refractivity contribution in [1.29, 1.82) is 0 Å². The van der Waals surface area contributed by atoms with E-state index < -0.39 is 0 Å². The molecule has 1 aromatic rings. The summed E-state index contributed by atoms with van der Waals surface area (Å²) in [6.07, 6.45) is 2.12. The highest BCUT2D eigenvalue weighted by atomic mass is 79.9. The highest BCUT2D eigenvalue weighted by molar-refractivity contribution is 9.10. The molecule has 0 bridgehead atoms. The van der Waals surface area contributed by atoms with Gasteiger partial charge < -0.3 is 14.4 Å². The maximum Gasteiger partial charge on any atom is 0.289 e. The molecule has 1 saturated carbocycles. The summed E-state index contributed by atoms with van der Waals surface area (Å²) in [6, 6.07) is 3.42. The van der Waals surface area contributed by atoms with E-state index in [9.17, 15) is 9.90 Å². The first-order valence-corrected chi connectivity index (χ1v) is 7.88. The number of halogens is 1. The molecule has 0 unspecified atom stereocenters. The third kappa shape index (κ3) is 3.24. The van der Waals surface area contributed by atoms with Crippen LogP contribution in [0.1, 0.15) is 23.4 Å². The van der Waals surface area contributed by atoms with Gasteiger partial charge in [-0.15, -0.1) is 0 Å². The summed E-state index contributed by atoms with van der Waals surface area (Å²) in [6.45, 7) is 3.75. The first-order chi connectivity index (χ1) is 9.63. The number of hydrogen-bond acceptors (Lipinski definition) is 4. The molecule has 2 aliphatic rings. The molecule has 1 N–H and O–H groups in total. The highest BCUT2D eigenvalue weighted by Gasteiger charge is 2.32. The van der Waals surface area contributed by atoms with Crippen LogP contribution >= 0.6 is 15.9 Å². The van der Waals surface area contributed by atoms with Gasteiger partial charge in [0.1, 0.15) is 0 Å². The number of rotatable bonds is 4. The standard InChI is InChI=1S/C14H19BrN2O3/c15-13-4-3-12(20-13)14(19)17-7-5-16(6-8-17)9-11(18)10-1-2-10/h3-4,10-11,18H,1-2,5-9H2/t11-/m1/s1. The van der Waals surface area contributed by atoms with Gasteiger partial charge in [0.15, 0.2) is 10.4 Å². The van der Waals surface area contributed by atoms with E-state index in [-0.39, 0.29) is 12.0 Å². The highest BCUT2D eigenvalue weighted by Crippen LogP contribution is 2.32. The Morgan fingerprint density at radius 3 is 2.60 bits per heavy atom. The summed E-state index contributed by atoms with van der Waals surface area (Å²) in [5.41, 5.74) is 0. The largest absolute Gasteiger partial charge is 0.444 e. The number of furan rings is 1. The van der Waals surface area contributed by atoms with Gasteiger partial charge in [-0.2, -0.15) is 0 Å². The van der Waals surface area contributed by atoms with Crippen molar-refractivity contribution in [2.24, 2.45) is 5.92 Å². The molecule has 0 spiro atoms. The molecule has 6 heteroatoms.